The van der Waals surface area contributed by atoms with Crippen molar-refractivity contribution in [1.82, 2.24) is 4.90 Å². The van der Waals surface area contributed by atoms with Crippen molar-refractivity contribution < 1.29 is 23.5 Å². The number of likely N-dealkylation sites (N-methyl/N-ethyl adjacent to an activating group) is 1. The van der Waals surface area contributed by atoms with Gasteiger partial charge in [0, 0.05) is 13.5 Å². The summed E-state index contributed by atoms with van der Waals surface area (Å²) in [6.07, 6.45) is 1.73. The van der Waals surface area contributed by atoms with Crippen molar-refractivity contribution in [3.05, 3.63) is 64.9 Å². The monoisotopic (exact) mass is 315 g/mol. The van der Waals surface area contributed by atoms with Crippen LogP contribution in [0.2, 0.25) is 0 Å². The molecule has 23 heavy (non-hydrogen) atoms. The fourth-order valence-corrected chi connectivity index (χ4v) is 2.50. The smallest absolute Gasteiger partial charge is 0.294 e. The number of benzene rings is 1. The minimum atomic E-state index is -0.709. The Labute approximate surface area is 131 Å². The molecule has 1 aliphatic heterocycles. The minimum Gasteiger partial charge on any atom is -0.507 e. The molecule has 0 atom stereocenters. The third-order valence-electron chi connectivity index (χ3n) is 3.77. The molecule has 5 nitrogen and oxygen atoms in total. The van der Waals surface area contributed by atoms with Gasteiger partial charge in [-0.15, -0.1) is 0 Å². The Bertz CT molecular complexity index is 804. The summed E-state index contributed by atoms with van der Waals surface area (Å²) in [7, 11) is 1.50. The molecule has 3 rings (SSSR count). The molecule has 1 fully saturated rings. The van der Waals surface area contributed by atoms with E-state index in [1.807, 2.05) is 0 Å². The van der Waals surface area contributed by atoms with E-state index in [0.717, 1.165) is 5.56 Å². The van der Waals surface area contributed by atoms with Crippen LogP contribution < -0.4 is 0 Å². The lowest BCUT2D eigenvalue weighted by molar-refractivity contribution is -0.138. The number of rotatable bonds is 3. The number of carbonyl (C=O) groups excluding carboxylic acids is 2. The summed E-state index contributed by atoms with van der Waals surface area (Å²) in [5.41, 5.74) is 1.21. The van der Waals surface area contributed by atoms with Gasteiger partial charge >= 0.3 is 0 Å². The summed E-state index contributed by atoms with van der Waals surface area (Å²) in [5, 5.41) is 10.4. The van der Waals surface area contributed by atoms with Gasteiger partial charge in [-0.2, -0.15) is 0 Å². The van der Waals surface area contributed by atoms with Crippen LogP contribution in [-0.2, 0) is 16.0 Å². The number of likely N-dealkylation sites (tertiary alicyclic amines) is 1. The van der Waals surface area contributed by atoms with Crippen molar-refractivity contribution in [2.24, 2.45) is 0 Å². The first-order chi connectivity index (χ1) is 11.0. The number of amides is 1. The standard InChI is InChI=1S/C17H14FNO4/c1-19-9-13(16(21)17(19)22)15(20)12-6-7-23-14(12)8-10-2-4-11(18)5-3-10/h2-7,20H,8-9H2,1H3/b15-13-. The van der Waals surface area contributed by atoms with E-state index in [4.69, 9.17) is 4.42 Å². The Morgan fingerprint density at radius 2 is 1.96 bits per heavy atom. The van der Waals surface area contributed by atoms with Crippen LogP contribution in [-0.4, -0.2) is 35.3 Å². The number of nitrogens with zero attached hydrogens (tertiary/aromatic N) is 1. The van der Waals surface area contributed by atoms with Crippen LogP contribution in [0.4, 0.5) is 4.39 Å². The second-order valence-electron chi connectivity index (χ2n) is 5.38. The summed E-state index contributed by atoms with van der Waals surface area (Å²) in [5.74, 6) is -1.50. The maximum absolute atomic E-state index is 12.9. The molecular weight excluding hydrogens is 301 g/mol. The fourth-order valence-electron chi connectivity index (χ4n) is 2.50. The normalized spacial score (nSPS) is 17.0. The second-order valence-corrected chi connectivity index (χ2v) is 5.38. The molecule has 1 aromatic carbocycles. The number of carbonyl (C=O) groups is 2. The molecule has 1 amide bonds. The fraction of sp³-hybridized carbons (Fsp3) is 0.176. The number of hydrogen-bond donors (Lipinski definition) is 1. The first-order valence-corrected chi connectivity index (χ1v) is 7.00. The highest BCUT2D eigenvalue weighted by Gasteiger charge is 2.35. The van der Waals surface area contributed by atoms with Crippen LogP contribution >= 0.6 is 0 Å². The average Bonchev–Trinajstić information content (AvgIpc) is 3.09. The third kappa shape index (κ3) is 2.75. The van der Waals surface area contributed by atoms with E-state index in [9.17, 15) is 19.1 Å². The van der Waals surface area contributed by atoms with E-state index in [1.54, 1.807) is 12.1 Å². The van der Waals surface area contributed by atoms with Gasteiger partial charge in [-0.1, -0.05) is 12.1 Å². The van der Waals surface area contributed by atoms with Gasteiger partial charge in [0.1, 0.15) is 17.3 Å². The van der Waals surface area contributed by atoms with Gasteiger partial charge in [0.05, 0.1) is 23.9 Å². The minimum absolute atomic E-state index is 0.0549. The number of hydrogen-bond acceptors (Lipinski definition) is 4. The predicted molar refractivity (Wildman–Crippen MR) is 80.1 cm³/mol. The number of ketones is 1. The number of halogens is 1. The van der Waals surface area contributed by atoms with Crippen LogP contribution in [0.5, 0.6) is 0 Å². The molecule has 0 unspecified atom stereocenters. The molecule has 118 valence electrons. The van der Waals surface area contributed by atoms with Crippen molar-refractivity contribution in [3.8, 4) is 0 Å². The van der Waals surface area contributed by atoms with Crippen molar-refractivity contribution in [3.63, 3.8) is 0 Å². The lowest BCUT2D eigenvalue weighted by atomic mass is 10.0. The molecule has 0 radical (unpaired) electrons. The lowest BCUT2D eigenvalue weighted by Crippen LogP contribution is -2.22. The molecule has 1 saturated heterocycles. The van der Waals surface area contributed by atoms with Crippen LogP contribution in [0.1, 0.15) is 16.9 Å². The summed E-state index contributed by atoms with van der Waals surface area (Å²) in [6, 6.07) is 7.44. The molecule has 6 heteroatoms. The van der Waals surface area contributed by atoms with E-state index in [1.165, 1.54) is 36.4 Å². The van der Waals surface area contributed by atoms with Gasteiger partial charge in [0.15, 0.2) is 0 Å². The van der Waals surface area contributed by atoms with Crippen molar-refractivity contribution in [2.75, 3.05) is 13.6 Å². The zero-order valence-corrected chi connectivity index (χ0v) is 12.4. The SMILES string of the molecule is CN1C/C(=C(/O)c2ccoc2Cc2ccc(F)cc2)C(=O)C1=O. The van der Waals surface area contributed by atoms with Crippen molar-refractivity contribution in [2.45, 2.75) is 6.42 Å². The summed E-state index contributed by atoms with van der Waals surface area (Å²) < 4.78 is 18.3. The molecule has 1 aliphatic rings. The zero-order chi connectivity index (χ0) is 16.6. The van der Waals surface area contributed by atoms with Crippen LogP contribution in [0.3, 0.4) is 0 Å². The van der Waals surface area contributed by atoms with Gasteiger partial charge < -0.3 is 14.4 Å². The zero-order valence-electron chi connectivity index (χ0n) is 12.4. The first-order valence-electron chi connectivity index (χ1n) is 7.00. The van der Waals surface area contributed by atoms with Gasteiger partial charge in [-0.25, -0.2) is 4.39 Å². The van der Waals surface area contributed by atoms with E-state index >= 15 is 0 Å². The highest BCUT2D eigenvalue weighted by molar-refractivity contribution is 6.46. The topological polar surface area (TPSA) is 70.8 Å². The number of furan rings is 1. The first kappa shape index (κ1) is 15.0. The Balaban J connectivity index is 1.93. The predicted octanol–water partition coefficient (Wildman–Crippen LogP) is 2.32. The molecule has 0 spiro atoms. The summed E-state index contributed by atoms with van der Waals surface area (Å²) in [4.78, 5) is 24.7. The number of aliphatic hydroxyl groups is 1. The van der Waals surface area contributed by atoms with Crippen LogP contribution in [0.15, 0.2) is 46.6 Å². The van der Waals surface area contributed by atoms with Gasteiger partial charge in [0.25, 0.3) is 11.7 Å². The Kier molecular flexibility index (Phi) is 3.73. The van der Waals surface area contributed by atoms with Crippen molar-refractivity contribution >= 4 is 17.4 Å². The molecule has 0 saturated carbocycles. The van der Waals surface area contributed by atoms with Gasteiger partial charge in [-0.3, -0.25) is 9.59 Å². The summed E-state index contributed by atoms with van der Waals surface area (Å²) >= 11 is 0. The molecule has 2 aromatic rings. The van der Waals surface area contributed by atoms with E-state index in [-0.39, 0.29) is 23.7 Å². The second kappa shape index (κ2) is 5.72. The molecule has 1 N–H and O–H groups in total. The highest BCUT2D eigenvalue weighted by atomic mass is 19.1. The third-order valence-corrected chi connectivity index (χ3v) is 3.77. The molecule has 1 aromatic heterocycles. The Morgan fingerprint density at radius 3 is 2.57 bits per heavy atom. The van der Waals surface area contributed by atoms with E-state index in [2.05, 4.69) is 0 Å². The Hall–Kier alpha value is -2.89. The molecular formula is C17H14FNO4. The Morgan fingerprint density at radius 1 is 1.26 bits per heavy atom. The van der Waals surface area contributed by atoms with Crippen LogP contribution in [0.25, 0.3) is 5.76 Å². The maximum atomic E-state index is 12.9. The van der Waals surface area contributed by atoms with Crippen molar-refractivity contribution in [1.29, 1.82) is 0 Å². The van der Waals surface area contributed by atoms with Gasteiger partial charge in [-0.05, 0) is 23.8 Å². The van der Waals surface area contributed by atoms with E-state index < -0.39 is 11.7 Å². The highest BCUT2D eigenvalue weighted by Crippen LogP contribution is 2.27. The molecule has 2 heterocycles. The lowest BCUT2D eigenvalue weighted by Gasteiger charge is -2.06. The van der Waals surface area contributed by atoms with Crippen LogP contribution in [0, 0.1) is 5.82 Å². The molecule has 0 bridgehead atoms. The number of Topliss-reactive ketones (excluding diaryl/α,β-unsaturated/α-hetero) is 1. The van der Waals surface area contributed by atoms with E-state index in [0.29, 0.717) is 17.7 Å². The summed E-state index contributed by atoms with van der Waals surface area (Å²) in [6.45, 7) is 0.0602. The molecule has 0 aliphatic carbocycles. The average molecular weight is 315 g/mol. The van der Waals surface area contributed by atoms with Gasteiger partial charge in [0.2, 0.25) is 0 Å². The quantitative estimate of drug-likeness (QED) is 0.536. The largest absolute Gasteiger partial charge is 0.507 e. The number of aliphatic hydroxyl groups excluding tert-OH is 1. The maximum Gasteiger partial charge on any atom is 0.294 e.